The summed E-state index contributed by atoms with van der Waals surface area (Å²) < 4.78 is 22.6. The summed E-state index contributed by atoms with van der Waals surface area (Å²) in [5.41, 5.74) is -0.349. The highest BCUT2D eigenvalue weighted by molar-refractivity contribution is 4.77. The lowest BCUT2D eigenvalue weighted by atomic mass is 9.91. The van der Waals surface area contributed by atoms with Gasteiger partial charge in [-0.05, 0) is 27.7 Å². The van der Waals surface area contributed by atoms with E-state index in [1.165, 1.54) is 0 Å². The van der Waals surface area contributed by atoms with Gasteiger partial charge < -0.3 is 18.9 Å². The van der Waals surface area contributed by atoms with Crippen LogP contribution in [0.3, 0.4) is 0 Å². The molecule has 0 amide bonds. The number of ether oxygens (including phenoxy) is 4. The van der Waals surface area contributed by atoms with Gasteiger partial charge in [-0.3, -0.25) is 0 Å². The van der Waals surface area contributed by atoms with E-state index in [1.807, 2.05) is 41.5 Å². The predicted molar refractivity (Wildman–Crippen MR) is 67.9 cm³/mol. The van der Waals surface area contributed by atoms with E-state index in [0.29, 0.717) is 26.4 Å². The van der Waals surface area contributed by atoms with Crippen molar-refractivity contribution in [1.29, 1.82) is 0 Å². The highest BCUT2D eigenvalue weighted by Gasteiger charge is 2.40. The molecule has 0 atom stereocenters. The predicted octanol–water partition coefficient (Wildman–Crippen LogP) is 2.81. The number of hydrogen-bond acceptors (Lipinski definition) is 4. The first-order valence-electron chi connectivity index (χ1n) is 6.50. The van der Waals surface area contributed by atoms with Crippen LogP contribution in [0.1, 0.15) is 41.5 Å². The lowest BCUT2D eigenvalue weighted by Gasteiger charge is -2.39. The van der Waals surface area contributed by atoms with Crippen molar-refractivity contribution in [3.63, 3.8) is 0 Å². The zero-order valence-electron chi connectivity index (χ0n) is 12.1. The molecule has 0 aromatic heterocycles. The van der Waals surface area contributed by atoms with Gasteiger partial charge in [-0.15, -0.1) is 0 Å². The first kappa shape index (κ1) is 16.8. The smallest absolute Gasteiger partial charge is 0.167 e. The molecule has 0 saturated heterocycles. The second-order valence-electron chi connectivity index (χ2n) is 4.31. The van der Waals surface area contributed by atoms with E-state index in [9.17, 15) is 0 Å². The Morgan fingerprint density at radius 2 is 0.882 bits per heavy atom. The fourth-order valence-corrected chi connectivity index (χ4v) is 1.67. The molecule has 0 aliphatic rings. The van der Waals surface area contributed by atoms with Crippen LogP contribution in [-0.4, -0.2) is 39.0 Å². The van der Waals surface area contributed by atoms with Gasteiger partial charge >= 0.3 is 0 Å². The molecule has 104 valence electrons. The molecule has 0 aromatic carbocycles. The Morgan fingerprint density at radius 3 is 1.06 bits per heavy atom. The van der Waals surface area contributed by atoms with Crippen molar-refractivity contribution in [2.45, 2.75) is 54.1 Å². The van der Waals surface area contributed by atoms with Crippen LogP contribution in [0, 0.1) is 5.41 Å². The van der Waals surface area contributed by atoms with Crippen molar-refractivity contribution in [3.05, 3.63) is 0 Å². The molecule has 4 nitrogen and oxygen atoms in total. The molecule has 0 bridgehead atoms. The van der Waals surface area contributed by atoms with Crippen molar-refractivity contribution >= 4 is 0 Å². The summed E-state index contributed by atoms with van der Waals surface area (Å²) in [5, 5.41) is 0. The van der Waals surface area contributed by atoms with E-state index >= 15 is 0 Å². The van der Waals surface area contributed by atoms with E-state index < -0.39 is 0 Å². The molecule has 4 heteroatoms. The standard InChI is InChI=1S/C13H28O4/c1-7-14-11(15-8-2)13(5,6)12(16-9-3)17-10-4/h11-12H,7-10H2,1-6H3. The number of hydrogen-bond donors (Lipinski definition) is 0. The summed E-state index contributed by atoms with van der Waals surface area (Å²) in [6.45, 7) is 14.3. The Bertz CT molecular complexity index is 152. The van der Waals surface area contributed by atoms with Crippen LogP contribution in [0.15, 0.2) is 0 Å². The first-order chi connectivity index (χ1) is 8.04. The zero-order chi connectivity index (χ0) is 13.3. The van der Waals surface area contributed by atoms with Crippen LogP contribution in [0.4, 0.5) is 0 Å². The van der Waals surface area contributed by atoms with Gasteiger partial charge in [0.1, 0.15) is 0 Å². The molecule has 0 unspecified atom stereocenters. The van der Waals surface area contributed by atoms with E-state index in [2.05, 4.69) is 0 Å². The molecule has 0 rings (SSSR count). The zero-order valence-corrected chi connectivity index (χ0v) is 12.1. The third-order valence-electron chi connectivity index (χ3n) is 2.49. The minimum Gasteiger partial charge on any atom is -0.352 e. The Hall–Kier alpha value is -0.160. The van der Waals surface area contributed by atoms with Crippen LogP contribution in [0.5, 0.6) is 0 Å². The SMILES string of the molecule is CCOC(OCC)C(C)(C)C(OCC)OCC. The summed E-state index contributed by atoms with van der Waals surface area (Å²) in [7, 11) is 0. The van der Waals surface area contributed by atoms with Crippen LogP contribution in [-0.2, 0) is 18.9 Å². The molecule has 0 N–H and O–H groups in total. The molecule has 0 fully saturated rings. The van der Waals surface area contributed by atoms with E-state index in [4.69, 9.17) is 18.9 Å². The fourth-order valence-electron chi connectivity index (χ4n) is 1.67. The van der Waals surface area contributed by atoms with Crippen LogP contribution in [0.2, 0.25) is 0 Å². The van der Waals surface area contributed by atoms with E-state index in [1.54, 1.807) is 0 Å². The molecular weight excluding hydrogens is 220 g/mol. The monoisotopic (exact) mass is 248 g/mol. The van der Waals surface area contributed by atoms with Gasteiger partial charge in [0.15, 0.2) is 12.6 Å². The highest BCUT2D eigenvalue weighted by Crippen LogP contribution is 2.31. The largest absolute Gasteiger partial charge is 0.352 e. The van der Waals surface area contributed by atoms with Crippen molar-refractivity contribution < 1.29 is 18.9 Å². The average molecular weight is 248 g/mol. The summed E-state index contributed by atoms with van der Waals surface area (Å²) in [6.07, 6.45) is -0.638. The van der Waals surface area contributed by atoms with Gasteiger partial charge in [-0.25, -0.2) is 0 Å². The Labute approximate surface area is 106 Å². The Morgan fingerprint density at radius 1 is 0.647 bits per heavy atom. The molecule has 0 aromatic rings. The van der Waals surface area contributed by atoms with Gasteiger partial charge in [0, 0.05) is 26.4 Å². The highest BCUT2D eigenvalue weighted by atomic mass is 16.7. The molecule has 0 spiro atoms. The molecule has 0 aliphatic heterocycles. The molecule has 17 heavy (non-hydrogen) atoms. The van der Waals surface area contributed by atoms with Crippen LogP contribution < -0.4 is 0 Å². The van der Waals surface area contributed by atoms with Crippen molar-refractivity contribution in [1.82, 2.24) is 0 Å². The minimum absolute atomic E-state index is 0.319. The first-order valence-corrected chi connectivity index (χ1v) is 6.50. The molecule has 0 radical (unpaired) electrons. The maximum absolute atomic E-state index is 5.64. The summed E-state index contributed by atoms with van der Waals surface area (Å²) in [6, 6.07) is 0. The van der Waals surface area contributed by atoms with Crippen molar-refractivity contribution in [2.24, 2.45) is 5.41 Å². The van der Waals surface area contributed by atoms with Gasteiger partial charge in [0.25, 0.3) is 0 Å². The summed E-state index contributed by atoms with van der Waals surface area (Å²) in [5.74, 6) is 0. The molecular formula is C13H28O4. The molecule has 0 saturated carbocycles. The summed E-state index contributed by atoms with van der Waals surface area (Å²) in [4.78, 5) is 0. The average Bonchev–Trinajstić information content (AvgIpc) is 2.28. The molecule has 0 aliphatic carbocycles. The van der Waals surface area contributed by atoms with Gasteiger partial charge in [-0.2, -0.15) is 0 Å². The van der Waals surface area contributed by atoms with Crippen molar-refractivity contribution in [3.8, 4) is 0 Å². The van der Waals surface area contributed by atoms with Gasteiger partial charge in [0.05, 0.1) is 5.41 Å². The minimum atomic E-state index is -0.349. The Kier molecular flexibility index (Phi) is 8.78. The quantitative estimate of drug-likeness (QED) is 0.557. The van der Waals surface area contributed by atoms with Gasteiger partial charge in [-0.1, -0.05) is 13.8 Å². The second kappa shape index (κ2) is 8.86. The maximum Gasteiger partial charge on any atom is 0.167 e. The lowest BCUT2D eigenvalue weighted by Crippen LogP contribution is -2.46. The number of rotatable bonds is 10. The topological polar surface area (TPSA) is 36.9 Å². The van der Waals surface area contributed by atoms with Crippen molar-refractivity contribution in [2.75, 3.05) is 26.4 Å². The van der Waals surface area contributed by atoms with Gasteiger partial charge in [0.2, 0.25) is 0 Å². The second-order valence-corrected chi connectivity index (χ2v) is 4.31. The third-order valence-corrected chi connectivity index (χ3v) is 2.49. The van der Waals surface area contributed by atoms with E-state index in [-0.39, 0.29) is 18.0 Å². The lowest BCUT2D eigenvalue weighted by molar-refractivity contribution is -0.281. The molecule has 0 heterocycles. The van der Waals surface area contributed by atoms with E-state index in [0.717, 1.165) is 0 Å². The summed E-state index contributed by atoms with van der Waals surface area (Å²) >= 11 is 0. The Balaban J connectivity index is 4.71. The maximum atomic E-state index is 5.64. The third kappa shape index (κ3) is 5.34. The fraction of sp³-hybridized carbons (Fsp3) is 1.00. The van der Waals surface area contributed by atoms with Crippen LogP contribution in [0.25, 0.3) is 0 Å². The van der Waals surface area contributed by atoms with Crippen LogP contribution >= 0.6 is 0 Å². The normalized spacial score (nSPS) is 12.7.